The van der Waals surface area contributed by atoms with E-state index in [2.05, 4.69) is 0 Å². The molecule has 0 amide bonds. The number of hydrogen-bond donors (Lipinski definition) is 2. The Labute approximate surface area is 97.3 Å². The van der Waals surface area contributed by atoms with Gasteiger partial charge in [-0.1, -0.05) is 30.3 Å². The van der Waals surface area contributed by atoms with Crippen molar-refractivity contribution in [2.24, 2.45) is 0 Å². The van der Waals surface area contributed by atoms with E-state index in [9.17, 15) is 9.59 Å². The number of aliphatic carboxylic acids is 2. The van der Waals surface area contributed by atoms with E-state index in [-0.39, 0.29) is 5.25 Å². The maximum atomic E-state index is 10.7. The lowest BCUT2D eigenvalue weighted by Gasteiger charge is -2.14. The number of carbonyl (C=O) groups is 2. The van der Waals surface area contributed by atoms with Gasteiger partial charge in [-0.25, -0.2) is 0 Å². The van der Waals surface area contributed by atoms with E-state index in [0.29, 0.717) is 0 Å². The highest BCUT2D eigenvalue weighted by molar-refractivity contribution is 8.01. The van der Waals surface area contributed by atoms with Crippen LogP contribution in [0.1, 0.15) is 17.7 Å². The second-order valence-corrected chi connectivity index (χ2v) is 4.70. The van der Waals surface area contributed by atoms with Gasteiger partial charge in [0.05, 0.1) is 0 Å². The summed E-state index contributed by atoms with van der Waals surface area (Å²) in [4.78, 5) is 21.4. The summed E-state index contributed by atoms with van der Waals surface area (Å²) in [5.41, 5.74) is 0.917. The van der Waals surface area contributed by atoms with Crippen molar-refractivity contribution in [3.8, 4) is 0 Å². The van der Waals surface area contributed by atoms with E-state index in [1.165, 1.54) is 0 Å². The fourth-order valence-electron chi connectivity index (χ4n) is 1.23. The molecule has 1 unspecified atom stereocenters. The maximum Gasteiger partial charge on any atom is 0.328 e. The summed E-state index contributed by atoms with van der Waals surface area (Å²) in [7, 11) is 0. The topological polar surface area (TPSA) is 74.6 Å². The molecule has 1 rings (SSSR count). The molecule has 2 N–H and O–H groups in total. The molecule has 0 radical (unpaired) electrons. The second-order valence-electron chi connectivity index (χ2n) is 3.25. The van der Waals surface area contributed by atoms with Crippen molar-refractivity contribution < 1.29 is 19.8 Å². The molecule has 5 heteroatoms. The van der Waals surface area contributed by atoms with Crippen LogP contribution in [0, 0.1) is 0 Å². The van der Waals surface area contributed by atoms with Gasteiger partial charge in [-0.15, -0.1) is 11.8 Å². The van der Waals surface area contributed by atoms with Crippen LogP contribution in [-0.4, -0.2) is 27.4 Å². The maximum absolute atomic E-state index is 10.7. The number of carboxylic acids is 2. The molecule has 0 aliphatic rings. The van der Waals surface area contributed by atoms with Crippen molar-refractivity contribution in [3.63, 3.8) is 0 Å². The van der Waals surface area contributed by atoms with Gasteiger partial charge < -0.3 is 10.2 Å². The van der Waals surface area contributed by atoms with Crippen LogP contribution in [0.3, 0.4) is 0 Å². The minimum Gasteiger partial charge on any atom is -0.480 e. The average Bonchev–Trinajstić information content (AvgIpc) is 2.25. The lowest BCUT2D eigenvalue weighted by Crippen LogP contribution is -2.26. The van der Waals surface area contributed by atoms with Gasteiger partial charge in [0.25, 0.3) is 0 Å². The third kappa shape index (κ3) is 3.27. The number of benzene rings is 1. The molecule has 0 aliphatic heterocycles. The Morgan fingerprint density at radius 3 is 2.06 bits per heavy atom. The SMILES string of the molecule is CC(SC(C(=O)O)C(=O)O)c1ccccc1. The molecule has 0 aromatic heterocycles. The van der Waals surface area contributed by atoms with Gasteiger partial charge in [0, 0.05) is 5.25 Å². The van der Waals surface area contributed by atoms with Gasteiger partial charge in [-0.05, 0) is 12.5 Å². The highest BCUT2D eigenvalue weighted by Gasteiger charge is 2.28. The third-order valence-electron chi connectivity index (χ3n) is 2.06. The van der Waals surface area contributed by atoms with E-state index in [4.69, 9.17) is 10.2 Å². The largest absolute Gasteiger partial charge is 0.480 e. The van der Waals surface area contributed by atoms with Gasteiger partial charge in [0.15, 0.2) is 5.25 Å². The molecule has 86 valence electrons. The summed E-state index contributed by atoms with van der Waals surface area (Å²) in [6.07, 6.45) is 0. The fourth-order valence-corrected chi connectivity index (χ4v) is 2.18. The first-order valence-corrected chi connectivity index (χ1v) is 5.62. The standard InChI is InChI=1S/C11H12O4S/c1-7(8-5-3-2-4-6-8)16-9(10(12)13)11(14)15/h2-7,9H,1H3,(H,12,13)(H,14,15). The number of rotatable bonds is 5. The molecule has 0 saturated carbocycles. The van der Waals surface area contributed by atoms with Gasteiger partial charge >= 0.3 is 11.9 Å². The zero-order chi connectivity index (χ0) is 12.1. The van der Waals surface area contributed by atoms with Crippen molar-refractivity contribution in [1.82, 2.24) is 0 Å². The molecule has 0 aliphatic carbocycles. The first kappa shape index (κ1) is 12.6. The molecule has 0 fully saturated rings. The van der Waals surface area contributed by atoms with E-state index < -0.39 is 17.2 Å². The summed E-state index contributed by atoms with van der Waals surface area (Å²) in [6.45, 7) is 1.79. The molecule has 0 spiro atoms. The Kier molecular flexibility index (Phi) is 4.37. The third-order valence-corrected chi connectivity index (χ3v) is 3.41. The van der Waals surface area contributed by atoms with Crippen LogP contribution in [0.2, 0.25) is 0 Å². The van der Waals surface area contributed by atoms with Crippen molar-refractivity contribution >= 4 is 23.7 Å². The first-order valence-electron chi connectivity index (χ1n) is 4.68. The van der Waals surface area contributed by atoms with Crippen molar-refractivity contribution in [3.05, 3.63) is 35.9 Å². The molecule has 1 aromatic carbocycles. The minimum atomic E-state index is -1.42. The lowest BCUT2D eigenvalue weighted by molar-refractivity contribution is -0.146. The monoisotopic (exact) mass is 240 g/mol. The van der Waals surface area contributed by atoms with E-state index >= 15 is 0 Å². The summed E-state index contributed by atoms with van der Waals surface area (Å²) >= 11 is 0.915. The highest BCUT2D eigenvalue weighted by Crippen LogP contribution is 2.31. The molecule has 0 bridgehead atoms. The van der Waals surface area contributed by atoms with Crippen LogP contribution >= 0.6 is 11.8 Å². The second kappa shape index (κ2) is 5.55. The quantitative estimate of drug-likeness (QED) is 0.770. The van der Waals surface area contributed by atoms with Crippen LogP contribution in [-0.2, 0) is 9.59 Å². The normalized spacial score (nSPS) is 12.4. The molecule has 0 heterocycles. The molecule has 16 heavy (non-hydrogen) atoms. The number of hydrogen-bond acceptors (Lipinski definition) is 3. The Morgan fingerprint density at radius 2 is 1.62 bits per heavy atom. The van der Waals surface area contributed by atoms with Crippen LogP contribution in [0.5, 0.6) is 0 Å². The summed E-state index contributed by atoms with van der Waals surface area (Å²) in [5.74, 6) is -2.64. The Bertz CT molecular complexity index is 363. The van der Waals surface area contributed by atoms with E-state index in [1.54, 1.807) is 6.92 Å². The molecule has 1 atom stereocenters. The highest BCUT2D eigenvalue weighted by atomic mass is 32.2. The molecular formula is C11H12O4S. The van der Waals surface area contributed by atoms with Crippen molar-refractivity contribution in [2.75, 3.05) is 0 Å². The Balaban J connectivity index is 2.73. The molecular weight excluding hydrogens is 228 g/mol. The van der Waals surface area contributed by atoms with Gasteiger partial charge in [-0.3, -0.25) is 9.59 Å². The zero-order valence-corrected chi connectivity index (χ0v) is 9.48. The predicted octanol–water partition coefficient (Wildman–Crippen LogP) is 2.02. The zero-order valence-electron chi connectivity index (χ0n) is 8.66. The van der Waals surface area contributed by atoms with Gasteiger partial charge in [0.2, 0.25) is 0 Å². The molecule has 1 aromatic rings. The van der Waals surface area contributed by atoms with Crippen LogP contribution in [0.4, 0.5) is 0 Å². The van der Waals surface area contributed by atoms with E-state index in [1.807, 2.05) is 30.3 Å². The number of thioether (sulfide) groups is 1. The van der Waals surface area contributed by atoms with Crippen LogP contribution in [0.25, 0.3) is 0 Å². The van der Waals surface area contributed by atoms with Crippen molar-refractivity contribution in [2.45, 2.75) is 17.4 Å². The van der Waals surface area contributed by atoms with E-state index in [0.717, 1.165) is 17.3 Å². The molecule has 0 saturated heterocycles. The van der Waals surface area contributed by atoms with Gasteiger partial charge in [0.1, 0.15) is 0 Å². The van der Waals surface area contributed by atoms with Crippen LogP contribution in [0.15, 0.2) is 30.3 Å². The predicted molar refractivity (Wildman–Crippen MR) is 61.5 cm³/mol. The first-order chi connectivity index (χ1) is 7.52. The summed E-state index contributed by atoms with van der Waals surface area (Å²) in [5, 5.41) is 15.9. The fraction of sp³-hybridized carbons (Fsp3) is 0.273. The summed E-state index contributed by atoms with van der Waals surface area (Å²) < 4.78 is 0. The average molecular weight is 240 g/mol. The minimum absolute atomic E-state index is 0.168. The van der Waals surface area contributed by atoms with Crippen LogP contribution < -0.4 is 0 Å². The van der Waals surface area contributed by atoms with Crippen molar-refractivity contribution in [1.29, 1.82) is 0 Å². The number of carboxylic acid groups (broad SMARTS) is 2. The molecule has 4 nitrogen and oxygen atoms in total. The Morgan fingerprint density at radius 1 is 1.12 bits per heavy atom. The smallest absolute Gasteiger partial charge is 0.328 e. The van der Waals surface area contributed by atoms with Gasteiger partial charge in [-0.2, -0.15) is 0 Å². The summed E-state index contributed by atoms with van der Waals surface area (Å²) in [6, 6.07) is 9.22. The lowest BCUT2D eigenvalue weighted by atomic mass is 10.2. The Hall–Kier alpha value is -1.49.